The van der Waals surface area contributed by atoms with Crippen LogP contribution in [0.25, 0.3) is 0 Å². The largest absolute Gasteiger partial charge is 0.481 e. The molecule has 4 nitrogen and oxygen atoms in total. The molecule has 0 aliphatic heterocycles. The highest BCUT2D eigenvalue weighted by molar-refractivity contribution is 5.99. The predicted octanol–water partition coefficient (Wildman–Crippen LogP) is 6.20. The maximum atomic E-state index is 13.6. The summed E-state index contributed by atoms with van der Waals surface area (Å²) < 4.78 is 39.2. The first-order valence-electron chi connectivity index (χ1n) is 11.4. The summed E-state index contributed by atoms with van der Waals surface area (Å²) in [5.41, 5.74) is -0.449. The number of carboxylic acid groups (broad SMARTS) is 1. The Morgan fingerprint density at radius 3 is 2.18 bits per heavy atom. The van der Waals surface area contributed by atoms with E-state index in [-0.39, 0.29) is 11.8 Å². The highest BCUT2D eigenvalue weighted by Crippen LogP contribution is 2.49. The maximum absolute atomic E-state index is 13.6. The Morgan fingerprint density at radius 2 is 1.64 bits per heavy atom. The SMILES string of the molecule is C[C@@](C(=O)Nc1cccc(CC2(C(=O)O)CC2)c1)(c1ccc(C(F)(F)F)cc1)C1CCCC1. The van der Waals surface area contributed by atoms with Gasteiger partial charge < -0.3 is 10.4 Å². The number of nitrogens with one attached hydrogen (secondary N) is 1. The Kier molecular flexibility index (Phi) is 6.01. The van der Waals surface area contributed by atoms with Crippen LogP contribution in [-0.2, 0) is 27.6 Å². The van der Waals surface area contributed by atoms with Crippen molar-refractivity contribution in [3.63, 3.8) is 0 Å². The molecule has 2 aliphatic carbocycles. The summed E-state index contributed by atoms with van der Waals surface area (Å²) in [6.07, 6.45) is 0.921. The average molecular weight is 460 g/mol. The van der Waals surface area contributed by atoms with Crippen LogP contribution in [0.15, 0.2) is 48.5 Å². The molecule has 0 spiro atoms. The van der Waals surface area contributed by atoms with Gasteiger partial charge in [0, 0.05) is 5.69 Å². The van der Waals surface area contributed by atoms with Crippen LogP contribution in [0.2, 0.25) is 0 Å². The smallest absolute Gasteiger partial charge is 0.416 e. The summed E-state index contributed by atoms with van der Waals surface area (Å²) in [4.78, 5) is 25.1. The monoisotopic (exact) mass is 459 g/mol. The Morgan fingerprint density at radius 1 is 1.03 bits per heavy atom. The molecule has 0 radical (unpaired) electrons. The van der Waals surface area contributed by atoms with Gasteiger partial charge in [0.2, 0.25) is 5.91 Å². The molecular formula is C26H28F3NO3. The van der Waals surface area contributed by atoms with Crippen LogP contribution in [0, 0.1) is 11.3 Å². The molecule has 33 heavy (non-hydrogen) atoms. The van der Waals surface area contributed by atoms with Crippen molar-refractivity contribution in [1.29, 1.82) is 0 Å². The standard InChI is InChI=1S/C26H28F3NO3/c1-24(18-6-2-3-7-18,19-9-11-20(12-10-19)26(27,28)29)22(31)30-21-8-4-5-17(15-21)16-25(13-14-25)23(32)33/h4-5,8-12,15,18H,2-3,6-7,13-14,16H2,1H3,(H,30,31)(H,32,33)/t24-/m0/s1. The summed E-state index contributed by atoms with van der Waals surface area (Å²) in [7, 11) is 0. The Bertz CT molecular complexity index is 1040. The maximum Gasteiger partial charge on any atom is 0.416 e. The van der Waals surface area contributed by atoms with E-state index >= 15 is 0 Å². The first kappa shape index (κ1) is 23.3. The fourth-order valence-corrected chi connectivity index (χ4v) is 5.09. The third-order valence-electron chi connectivity index (χ3n) is 7.49. The predicted molar refractivity (Wildman–Crippen MR) is 119 cm³/mol. The Balaban J connectivity index is 1.59. The van der Waals surface area contributed by atoms with Gasteiger partial charge in [-0.1, -0.05) is 37.1 Å². The van der Waals surface area contributed by atoms with Crippen LogP contribution in [0.1, 0.15) is 62.1 Å². The molecule has 4 rings (SSSR count). The van der Waals surface area contributed by atoms with Crippen LogP contribution >= 0.6 is 0 Å². The molecule has 1 atom stereocenters. The molecule has 2 aromatic carbocycles. The molecule has 176 valence electrons. The fourth-order valence-electron chi connectivity index (χ4n) is 5.09. The van der Waals surface area contributed by atoms with Gasteiger partial charge in [-0.25, -0.2) is 0 Å². The van der Waals surface area contributed by atoms with Gasteiger partial charge in [-0.15, -0.1) is 0 Å². The van der Waals surface area contributed by atoms with E-state index in [1.165, 1.54) is 12.1 Å². The summed E-state index contributed by atoms with van der Waals surface area (Å²) >= 11 is 0. The number of halogens is 3. The van der Waals surface area contributed by atoms with Gasteiger partial charge in [0.25, 0.3) is 0 Å². The number of carbonyl (C=O) groups excluding carboxylic acids is 1. The normalized spacial score (nSPS) is 19.6. The van der Waals surface area contributed by atoms with Crippen LogP contribution in [-0.4, -0.2) is 17.0 Å². The first-order chi connectivity index (χ1) is 15.5. The highest BCUT2D eigenvalue weighted by Gasteiger charge is 2.50. The van der Waals surface area contributed by atoms with Gasteiger partial charge in [-0.05, 0) is 80.3 Å². The van der Waals surface area contributed by atoms with Gasteiger partial charge in [-0.3, -0.25) is 9.59 Å². The zero-order chi connectivity index (χ0) is 23.9. The van der Waals surface area contributed by atoms with Crippen LogP contribution in [0.5, 0.6) is 0 Å². The van der Waals surface area contributed by atoms with E-state index in [1.807, 2.05) is 13.0 Å². The highest BCUT2D eigenvalue weighted by atomic mass is 19.4. The minimum absolute atomic E-state index is 0.0270. The van der Waals surface area contributed by atoms with Crippen LogP contribution in [0.4, 0.5) is 18.9 Å². The molecule has 0 unspecified atom stereocenters. The van der Waals surface area contributed by atoms with E-state index in [1.54, 1.807) is 18.2 Å². The van der Waals surface area contributed by atoms with Crippen LogP contribution < -0.4 is 5.32 Å². The van der Waals surface area contributed by atoms with Crippen molar-refractivity contribution in [1.82, 2.24) is 0 Å². The quantitative estimate of drug-likeness (QED) is 0.518. The second-order valence-corrected chi connectivity index (χ2v) is 9.68. The molecule has 0 bridgehead atoms. The van der Waals surface area contributed by atoms with Crippen LogP contribution in [0.3, 0.4) is 0 Å². The van der Waals surface area contributed by atoms with Gasteiger partial charge in [0.15, 0.2) is 0 Å². The van der Waals surface area contributed by atoms with Gasteiger partial charge >= 0.3 is 12.1 Å². The zero-order valence-electron chi connectivity index (χ0n) is 18.5. The van der Waals surface area contributed by atoms with Crippen molar-refractivity contribution >= 4 is 17.6 Å². The third-order valence-corrected chi connectivity index (χ3v) is 7.49. The molecule has 2 aromatic rings. The number of aliphatic carboxylic acids is 1. The number of hydrogen-bond acceptors (Lipinski definition) is 2. The number of benzene rings is 2. The zero-order valence-corrected chi connectivity index (χ0v) is 18.5. The number of rotatable bonds is 7. The van der Waals surface area contributed by atoms with Crippen molar-refractivity contribution < 1.29 is 27.9 Å². The van der Waals surface area contributed by atoms with E-state index in [0.717, 1.165) is 43.4 Å². The van der Waals surface area contributed by atoms with E-state index in [0.29, 0.717) is 30.5 Å². The van der Waals surface area contributed by atoms with Crippen molar-refractivity contribution in [2.24, 2.45) is 11.3 Å². The number of carbonyl (C=O) groups is 2. The van der Waals surface area contributed by atoms with Crippen molar-refractivity contribution in [2.75, 3.05) is 5.32 Å². The lowest BCUT2D eigenvalue weighted by Gasteiger charge is -2.35. The molecule has 2 fully saturated rings. The number of hydrogen-bond donors (Lipinski definition) is 2. The molecule has 2 N–H and O–H groups in total. The van der Waals surface area contributed by atoms with E-state index in [4.69, 9.17) is 0 Å². The number of anilines is 1. The lowest BCUT2D eigenvalue weighted by molar-refractivity contribution is -0.143. The molecule has 0 saturated heterocycles. The number of amides is 1. The minimum atomic E-state index is -4.43. The first-order valence-corrected chi connectivity index (χ1v) is 11.4. The summed E-state index contributed by atoms with van der Waals surface area (Å²) in [6.45, 7) is 1.81. The lowest BCUT2D eigenvalue weighted by atomic mass is 9.70. The molecule has 0 aromatic heterocycles. The van der Waals surface area contributed by atoms with Gasteiger partial charge in [0.1, 0.15) is 0 Å². The van der Waals surface area contributed by atoms with Crippen molar-refractivity contribution in [2.45, 2.75) is 63.5 Å². The van der Waals surface area contributed by atoms with Crippen molar-refractivity contribution in [3.05, 3.63) is 65.2 Å². The minimum Gasteiger partial charge on any atom is -0.481 e. The second kappa shape index (κ2) is 8.50. The topological polar surface area (TPSA) is 66.4 Å². The Hall–Kier alpha value is -2.83. The summed E-state index contributed by atoms with van der Waals surface area (Å²) in [6, 6.07) is 12.1. The van der Waals surface area contributed by atoms with E-state index < -0.39 is 28.5 Å². The second-order valence-electron chi connectivity index (χ2n) is 9.68. The van der Waals surface area contributed by atoms with E-state index in [2.05, 4.69) is 5.32 Å². The third kappa shape index (κ3) is 4.63. The van der Waals surface area contributed by atoms with Crippen molar-refractivity contribution in [3.8, 4) is 0 Å². The molecule has 2 saturated carbocycles. The van der Waals surface area contributed by atoms with E-state index in [9.17, 15) is 27.9 Å². The molecule has 1 amide bonds. The number of carboxylic acids is 1. The molecule has 0 heterocycles. The average Bonchev–Trinajstić information content (AvgIpc) is 3.34. The summed E-state index contributed by atoms with van der Waals surface area (Å²) in [5.74, 6) is -1.03. The molecule has 7 heteroatoms. The van der Waals surface area contributed by atoms with Gasteiger partial charge in [0.05, 0.1) is 16.4 Å². The van der Waals surface area contributed by atoms with Gasteiger partial charge in [-0.2, -0.15) is 13.2 Å². The lowest BCUT2D eigenvalue weighted by Crippen LogP contribution is -2.43. The Labute approximate surface area is 191 Å². The summed E-state index contributed by atoms with van der Waals surface area (Å²) in [5, 5.41) is 12.4. The fraction of sp³-hybridized carbons (Fsp3) is 0.462. The number of alkyl halides is 3. The molecule has 2 aliphatic rings. The molecular weight excluding hydrogens is 431 g/mol.